The molecule has 1 N–H and O–H groups in total. The molecule has 0 bridgehead atoms. The summed E-state index contributed by atoms with van der Waals surface area (Å²) in [6, 6.07) is 3.99. The van der Waals surface area contributed by atoms with Crippen LogP contribution in [0.2, 0.25) is 0 Å². The van der Waals surface area contributed by atoms with Crippen molar-refractivity contribution in [2.24, 2.45) is 0 Å². The summed E-state index contributed by atoms with van der Waals surface area (Å²) in [4.78, 5) is 11.5. The molecule has 0 spiro atoms. The number of carbonyl (C=O) groups excluding carboxylic acids is 1. The molecule has 0 aliphatic heterocycles. The number of anilines is 1. The van der Waals surface area contributed by atoms with Crippen LogP contribution in [0.25, 0.3) is 0 Å². The van der Waals surface area contributed by atoms with E-state index in [2.05, 4.69) is 5.32 Å². The van der Waals surface area contributed by atoms with Gasteiger partial charge in [0.1, 0.15) is 11.6 Å². The van der Waals surface area contributed by atoms with Crippen LogP contribution in [0.15, 0.2) is 18.2 Å². The first kappa shape index (κ1) is 13.8. The molecule has 0 radical (unpaired) electrons. The summed E-state index contributed by atoms with van der Waals surface area (Å²) in [5, 5.41) is 2.67. The van der Waals surface area contributed by atoms with Crippen LogP contribution < -0.4 is 10.1 Å². The van der Waals surface area contributed by atoms with Gasteiger partial charge in [0.15, 0.2) is 0 Å². The minimum atomic E-state index is -0.401. The highest BCUT2D eigenvalue weighted by Crippen LogP contribution is 2.25. The summed E-state index contributed by atoms with van der Waals surface area (Å²) in [6.45, 7) is 0. The lowest BCUT2D eigenvalue weighted by atomic mass is 10.2. The van der Waals surface area contributed by atoms with E-state index in [1.807, 2.05) is 0 Å². The van der Waals surface area contributed by atoms with Gasteiger partial charge in [-0.3, -0.25) is 4.79 Å². The number of halogens is 2. The van der Waals surface area contributed by atoms with Gasteiger partial charge in [0.2, 0.25) is 5.91 Å². The van der Waals surface area contributed by atoms with Crippen molar-refractivity contribution in [2.75, 3.05) is 18.3 Å². The summed E-state index contributed by atoms with van der Waals surface area (Å²) in [7, 11) is 1.43. The molecule has 0 heterocycles. The number of amides is 1. The zero-order chi connectivity index (χ0) is 12.7. The second kappa shape index (κ2) is 7.12. The number of hydrogen-bond donors (Lipinski definition) is 1. The Kier molecular flexibility index (Phi) is 5.77. The molecule has 0 unspecified atom stereocenters. The molecule has 0 aliphatic carbocycles. The number of carbonyl (C=O) groups is 1. The molecular formula is C12H15ClFNO2. The van der Waals surface area contributed by atoms with Gasteiger partial charge in [-0.05, 0) is 25.0 Å². The molecule has 1 aromatic carbocycles. The number of hydrogen-bond acceptors (Lipinski definition) is 2. The minimum absolute atomic E-state index is 0.125. The Hall–Kier alpha value is -1.29. The summed E-state index contributed by atoms with van der Waals surface area (Å²) >= 11 is 5.52. The van der Waals surface area contributed by atoms with E-state index in [1.165, 1.54) is 25.3 Å². The van der Waals surface area contributed by atoms with Crippen molar-refractivity contribution in [1.82, 2.24) is 0 Å². The van der Waals surface area contributed by atoms with Crippen LogP contribution in [0, 0.1) is 5.82 Å². The van der Waals surface area contributed by atoms with Crippen molar-refractivity contribution in [2.45, 2.75) is 19.3 Å². The van der Waals surface area contributed by atoms with E-state index in [4.69, 9.17) is 16.3 Å². The van der Waals surface area contributed by atoms with Gasteiger partial charge in [-0.15, -0.1) is 11.6 Å². The summed E-state index contributed by atoms with van der Waals surface area (Å²) in [5.74, 6) is 0.338. The Morgan fingerprint density at radius 2 is 2.24 bits per heavy atom. The highest BCUT2D eigenvalue weighted by molar-refractivity contribution is 6.17. The second-order valence-corrected chi connectivity index (χ2v) is 3.92. The SMILES string of the molecule is COc1cc(F)ccc1NC(=O)CCCCCl. The molecule has 1 aromatic rings. The number of methoxy groups -OCH3 is 1. The van der Waals surface area contributed by atoms with Gasteiger partial charge in [-0.1, -0.05) is 0 Å². The monoisotopic (exact) mass is 259 g/mol. The van der Waals surface area contributed by atoms with Crippen LogP contribution in [-0.2, 0) is 4.79 Å². The van der Waals surface area contributed by atoms with E-state index >= 15 is 0 Å². The van der Waals surface area contributed by atoms with Gasteiger partial charge >= 0.3 is 0 Å². The molecule has 94 valence electrons. The van der Waals surface area contributed by atoms with Crippen LogP contribution in [0.4, 0.5) is 10.1 Å². The van der Waals surface area contributed by atoms with Crippen LogP contribution in [0.1, 0.15) is 19.3 Å². The normalized spacial score (nSPS) is 10.1. The predicted molar refractivity (Wildman–Crippen MR) is 66.2 cm³/mol. The number of benzene rings is 1. The van der Waals surface area contributed by atoms with Crippen molar-refractivity contribution in [3.63, 3.8) is 0 Å². The quantitative estimate of drug-likeness (QED) is 0.629. The molecular weight excluding hydrogens is 245 g/mol. The zero-order valence-corrected chi connectivity index (χ0v) is 10.4. The highest BCUT2D eigenvalue weighted by atomic mass is 35.5. The van der Waals surface area contributed by atoms with E-state index in [-0.39, 0.29) is 5.91 Å². The van der Waals surface area contributed by atoms with Crippen molar-refractivity contribution in [3.05, 3.63) is 24.0 Å². The summed E-state index contributed by atoms with van der Waals surface area (Å²) in [5.41, 5.74) is 0.477. The fourth-order valence-electron chi connectivity index (χ4n) is 1.36. The number of alkyl halides is 1. The van der Waals surface area contributed by atoms with Crippen LogP contribution in [-0.4, -0.2) is 18.9 Å². The lowest BCUT2D eigenvalue weighted by Gasteiger charge is -2.09. The lowest BCUT2D eigenvalue weighted by Crippen LogP contribution is -2.12. The second-order valence-electron chi connectivity index (χ2n) is 3.54. The van der Waals surface area contributed by atoms with Crippen molar-refractivity contribution in [3.8, 4) is 5.75 Å². The van der Waals surface area contributed by atoms with Gasteiger partial charge in [0.25, 0.3) is 0 Å². The van der Waals surface area contributed by atoms with Gasteiger partial charge in [0, 0.05) is 18.4 Å². The molecule has 17 heavy (non-hydrogen) atoms. The summed E-state index contributed by atoms with van der Waals surface area (Å²) in [6.07, 6.45) is 1.93. The molecule has 0 saturated heterocycles. The van der Waals surface area contributed by atoms with Crippen LogP contribution >= 0.6 is 11.6 Å². The fraction of sp³-hybridized carbons (Fsp3) is 0.417. The predicted octanol–water partition coefficient (Wildman–Crippen LogP) is 3.18. The fourth-order valence-corrected chi connectivity index (χ4v) is 1.55. The first-order valence-corrected chi connectivity index (χ1v) is 5.90. The van der Waals surface area contributed by atoms with Crippen molar-refractivity contribution in [1.29, 1.82) is 0 Å². The van der Waals surface area contributed by atoms with E-state index in [0.29, 0.717) is 23.7 Å². The maximum absolute atomic E-state index is 12.9. The third kappa shape index (κ3) is 4.61. The third-order valence-electron chi connectivity index (χ3n) is 2.23. The highest BCUT2D eigenvalue weighted by Gasteiger charge is 2.08. The van der Waals surface area contributed by atoms with Gasteiger partial charge in [0.05, 0.1) is 12.8 Å². The molecule has 0 atom stereocenters. The largest absolute Gasteiger partial charge is 0.494 e. The molecule has 3 nitrogen and oxygen atoms in total. The van der Waals surface area contributed by atoms with Crippen LogP contribution in [0.3, 0.4) is 0 Å². The number of unbranched alkanes of at least 4 members (excludes halogenated alkanes) is 1. The Morgan fingerprint density at radius 3 is 2.88 bits per heavy atom. The number of ether oxygens (including phenoxy) is 1. The summed E-state index contributed by atoms with van der Waals surface area (Å²) < 4.78 is 17.9. The number of rotatable bonds is 6. The van der Waals surface area contributed by atoms with Crippen molar-refractivity contribution >= 4 is 23.2 Å². The maximum atomic E-state index is 12.9. The van der Waals surface area contributed by atoms with E-state index in [9.17, 15) is 9.18 Å². The Morgan fingerprint density at radius 1 is 1.47 bits per heavy atom. The molecule has 0 aliphatic rings. The average Bonchev–Trinajstić information content (AvgIpc) is 2.32. The molecule has 1 amide bonds. The maximum Gasteiger partial charge on any atom is 0.224 e. The molecule has 0 saturated carbocycles. The van der Waals surface area contributed by atoms with Gasteiger partial charge in [-0.2, -0.15) is 0 Å². The zero-order valence-electron chi connectivity index (χ0n) is 9.63. The smallest absolute Gasteiger partial charge is 0.224 e. The minimum Gasteiger partial charge on any atom is -0.494 e. The van der Waals surface area contributed by atoms with Crippen molar-refractivity contribution < 1.29 is 13.9 Å². The Balaban J connectivity index is 2.58. The molecule has 1 rings (SSSR count). The van der Waals surface area contributed by atoms with E-state index in [1.54, 1.807) is 0 Å². The van der Waals surface area contributed by atoms with E-state index < -0.39 is 5.82 Å². The topological polar surface area (TPSA) is 38.3 Å². The molecule has 0 fully saturated rings. The Labute approximate surface area is 105 Å². The molecule has 5 heteroatoms. The third-order valence-corrected chi connectivity index (χ3v) is 2.49. The average molecular weight is 260 g/mol. The lowest BCUT2D eigenvalue weighted by molar-refractivity contribution is -0.116. The Bertz CT molecular complexity index is 385. The number of nitrogens with one attached hydrogen (secondary N) is 1. The van der Waals surface area contributed by atoms with Gasteiger partial charge in [-0.25, -0.2) is 4.39 Å². The molecule has 0 aromatic heterocycles. The van der Waals surface area contributed by atoms with Gasteiger partial charge < -0.3 is 10.1 Å². The standard InChI is InChI=1S/C12H15ClFNO2/c1-17-11-8-9(14)5-6-10(11)15-12(16)4-2-3-7-13/h5-6,8H,2-4,7H2,1H3,(H,15,16). The first-order chi connectivity index (χ1) is 8.17. The van der Waals surface area contributed by atoms with E-state index in [0.717, 1.165) is 12.8 Å². The first-order valence-electron chi connectivity index (χ1n) is 5.36. The van der Waals surface area contributed by atoms with Crippen LogP contribution in [0.5, 0.6) is 5.75 Å².